The van der Waals surface area contributed by atoms with Crippen LogP contribution in [0.5, 0.6) is 0 Å². The number of amides is 1. The van der Waals surface area contributed by atoms with Gasteiger partial charge in [0.15, 0.2) is 0 Å². The summed E-state index contributed by atoms with van der Waals surface area (Å²) in [5.74, 6) is 0.321. The van der Waals surface area contributed by atoms with Crippen LogP contribution < -0.4 is 5.32 Å². The van der Waals surface area contributed by atoms with E-state index < -0.39 is 0 Å². The third-order valence-corrected chi connectivity index (χ3v) is 4.45. The van der Waals surface area contributed by atoms with Crippen LogP contribution in [0.1, 0.15) is 60.3 Å². The first-order valence-electron chi connectivity index (χ1n) is 7.90. The summed E-state index contributed by atoms with van der Waals surface area (Å²) in [6.45, 7) is 12.4. The van der Waals surface area contributed by atoms with E-state index in [9.17, 15) is 9.90 Å². The molecule has 118 valence electrons. The lowest BCUT2D eigenvalue weighted by Gasteiger charge is -2.42. The van der Waals surface area contributed by atoms with Crippen molar-refractivity contribution >= 4 is 5.91 Å². The first-order chi connectivity index (χ1) is 9.22. The lowest BCUT2D eigenvalue weighted by atomic mass is 9.90. The molecule has 0 radical (unpaired) electrons. The SMILES string of the molecule is CCCC(C)(C)NC(=O)C1CCN(C(C)(C)CO)CC1. The largest absolute Gasteiger partial charge is 0.394 e. The molecule has 1 aliphatic rings. The summed E-state index contributed by atoms with van der Waals surface area (Å²) < 4.78 is 0. The summed E-state index contributed by atoms with van der Waals surface area (Å²) in [6, 6.07) is 0. The van der Waals surface area contributed by atoms with Crippen molar-refractivity contribution < 1.29 is 9.90 Å². The van der Waals surface area contributed by atoms with Gasteiger partial charge in [0, 0.05) is 17.0 Å². The molecule has 0 saturated carbocycles. The number of piperidine rings is 1. The summed E-state index contributed by atoms with van der Waals surface area (Å²) in [5.41, 5.74) is -0.281. The van der Waals surface area contributed by atoms with E-state index >= 15 is 0 Å². The molecule has 1 fully saturated rings. The number of hydrogen-bond acceptors (Lipinski definition) is 3. The van der Waals surface area contributed by atoms with E-state index in [1.165, 1.54) is 0 Å². The fourth-order valence-corrected chi connectivity index (χ4v) is 2.97. The molecule has 0 atom stereocenters. The Bertz CT molecular complexity index is 318. The van der Waals surface area contributed by atoms with Crippen molar-refractivity contribution in [2.24, 2.45) is 5.92 Å². The molecule has 0 unspecified atom stereocenters. The predicted octanol–water partition coefficient (Wildman–Crippen LogP) is 2.16. The van der Waals surface area contributed by atoms with E-state index in [2.05, 4.69) is 44.8 Å². The van der Waals surface area contributed by atoms with E-state index in [4.69, 9.17) is 0 Å². The summed E-state index contributed by atoms with van der Waals surface area (Å²) in [6.07, 6.45) is 3.86. The molecule has 0 aromatic rings. The first kappa shape index (κ1) is 17.4. The summed E-state index contributed by atoms with van der Waals surface area (Å²) in [7, 11) is 0. The molecule has 0 bridgehead atoms. The van der Waals surface area contributed by atoms with Crippen LogP contribution in [0.2, 0.25) is 0 Å². The zero-order chi connectivity index (χ0) is 15.4. The van der Waals surface area contributed by atoms with Crippen LogP contribution in [0.25, 0.3) is 0 Å². The number of rotatable bonds is 6. The van der Waals surface area contributed by atoms with Crippen LogP contribution in [0.3, 0.4) is 0 Å². The average Bonchev–Trinajstić information content (AvgIpc) is 2.38. The molecular weight excluding hydrogens is 252 g/mol. The maximum atomic E-state index is 12.3. The molecule has 4 heteroatoms. The van der Waals surface area contributed by atoms with Gasteiger partial charge in [0.2, 0.25) is 5.91 Å². The van der Waals surface area contributed by atoms with Gasteiger partial charge in [-0.25, -0.2) is 0 Å². The highest BCUT2D eigenvalue weighted by atomic mass is 16.3. The van der Waals surface area contributed by atoms with E-state index in [1.807, 2.05) is 0 Å². The molecule has 1 amide bonds. The molecule has 0 aromatic carbocycles. The van der Waals surface area contributed by atoms with Crippen molar-refractivity contribution in [3.63, 3.8) is 0 Å². The van der Waals surface area contributed by atoms with Crippen molar-refractivity contribution in [1.82, 2.24) is 10.2 Å². The highest BCUT2D eigenvalue weighted by Crippen LogP contribution is 2.25. The highest BCUT2D eigenvalue weighted by Gasteiger charge is 2.33. The molecule has 1 rings (SSSR count). The zero-order valence-electron chi connectivity index (χ0n) is 13.8. The minimum atomic E-state index is -0.178. The number of nitrogens with one attached hydrogen (secondary N) is 1. The summed E-state index contributed by atoms with van der Waals surface area (Å²) in [5, 5.41) is 12.6. The Hall–Kier alpha value is -0.610. The van der Waals surface area contributed by atoms with Gasteiger partial charge in [0.1, 0.15) is 0 Å². The van der Waals surface area contributed by atoms with Gasteiger partial charge in [-0.05, 0) is 60.0 Å². The molecule has 0 spiro atoms. The number of carbonyl (C=O) groups excluding carboxylic acids is 1. The van der Waals surface area contributed by atoms with Gasteiger partial charge in [-0.3, -0.25) is 9.69 Å². The third kappa shape index (κ3) is 4.74. The molecule has 20 heavy (non-hydrogen) atoms. The Morgan fingerprint density at radius 3 is 2.25 bits per heavy atom. The Balaban J connectivity index is 2.47. The van der Waals surface area contributed by atoms with Gasteiger partial charge in [-0.2, -0.15) is 0 Å². The average molecular weight is 284 g/mol. The van der Waals surface area contributed by atoms with Crippen LogP contribution in [-0.2, 0) is 4.79 Å². The number of aliphatic hydroxyl groups excluding tert-OH is 1. The van der Waals surface area contributed by atoms with Crippen molar-refractivity contribution in [2.45, 2.75) is 71.4 Å². The van der Waals surface area contributed by atoms with Crippen molar-refractivity contribution in [2.75, 3.05) is 19.7 Å². The van der Waals surface area contributed by atoms with E-state index in [1.54, 1.807) is 0 Å². The second-order valence-electron chi connectivity index (χ2n) is 7.36. The van der Waals surface area contributed by atoms with Crippen LogP contribution in [0.4, 0.5) is 0 Å². The Labute approximate surface area is 123 Å². The fourth-order valence-electron chi connectivity index (χ4n) is 2.97. The zero-order valence-corrected chi connectivity index (χ0v) is 13.8. The lowest BCUT2D eigenvalue weighted by molar-refractivity contribution is -0.128. The Morgan fingerprint density at radius 1 is 1.25 bits per heavy atom. The number of aliphatic hydroxyl groups is 1. The van der Waals surface area contributed by atoms with E-state index in [0.29, 0.717) is 0 Å². The molecule has 1 aliphatic heterocycles. The van der Waals surface area contributed by atoms with Gasteiger partial charge >= 0.3 is 0 Å². The minimum Gasteiger partial charge on any atom is -0.394 e. The monoisotopic (exact) mass is 284 g/mol. The summed E-state index contributed by atoms with van der Waals surface area (Å²) in [4.78, 5) is 14.6. The third-order valence-electron chi connectivity index (χ3n) is 4.45. The van der Waals surface area contributed by atoms with Crippen LogP contribution in [-0.4, -0.2) is 46.7 Å². The highest BCUT2D eigenvalue weighted by molar-refractivity contribution is 5.79. The number of likely N-dealkylation sites (tertiary alicyclic amines) is 1. The molecule has 1 saturated heterocycles. The standard InChI is InChI=1S/C16H32N2O2/c1-6-9-15(2,3)17-14(20)13-7-10-18(11-8-13)16(4,5)12-19/h13,19H,6-12H2,1-5H3,(H,17,20). The van der Waals surface area contributed by atoms with Crippen LogP contribution in [0, 0.1) is 5.92 Å². The topological polar surface area (TPSA) is 52.6 Å². The molecule has 0 aromatic heterocycles. The minimum absolute atomic E-state index is 0.104. The molecule has 4 nitrogen and oxygen atoms in total. The predicted molar refractivity (Wildman–Crippen MR) is 82.6 cm³/mol. The van der Waals surface area contributed by atoms with Gasteiger partial charge < -0.3 is 10.4 Å². The maximum absolute atomic E-state index is 12.3. The van der Waals surface area contributed by atoms with Gasteiger partial charge in [0.05, 0.1) is 6.61 Å². The van der Waals surface area contributed by atoms with Crippen molar-refractivity contribution in [3.05, 3.63) is 0 Å². The van der Waals surface area contributed by atoms with Crippen LogP contribution >= 0.6 is 0 Å². The first-order valence-corrected chi connectivity index (χ1v) is 7.90. The second kappa shape index (κ2) is 6.90. The Kier molecular flexibility index (Phi) is 6.02. The smallest absolute Gasteiger partial charge is 0.223 e. The van der Waals surface area contributed by atoms with E-state index in [0.717, 1.165) is 38.8 Å². The maximum Gasteiger partial charge on any atom is 0.223 e. The van der Waals surface area contributed by atoms with Gasteiger partial charge in [-0.1, -0.05) is 13.3 Å². The number of nitrogens with zero attached hydrogens (tertiary/aromatic N) is 1. The molecule has 0 aliphatic carbocycles. The normalized spacial score (nSPS) is 19.1. The second-order valence-corrected chi connectivity index (χ2v) is 7.36. The van der Waals surface area contributed by atoms with Crippen molar-refractivity contribution in [1.29, 1.82) is 0 Å². The number of carbonyl (C=O) groups is 1. The molecule has 2 N–H and O–H groups in total. The van der Waals surface area contributed by atoms with Gasteiger partial charge in [0.25, 0.3) is 0 Å². The quantitative estimate of drug-likeness (QED) is 0.786. The van der Waals surface area contributed by atoms with Crippen LogP contribution in [0.15, 0.2) is 0 Å². The molecule has 1 heterocycles. The molecular formula is C16H32N2O2. The summed E-state index contributed by atoms with van der Waals surface area (Å²) >= 11 is 0. The van der Waals surface area contributed by atoms with Crippen molar-refractivity contribution in [3.8, 4) is 0 Å². The van der Waals surface area contributed by atoms with Gasteiger partial charge in [-0.15, -0.1) is 0 Å². The Morgan fingerprint density at radius 2 is 1.80 bits per heavy atom. The van der Waals surface area contributed by atoms with E-state index in [-0.39, 0.29) is 29.5 Å². The fraction of sp³-hybridized carbons (Fsp3) is 0.938. The lowest BCUT2D eigenvalue weighted by Crippen LogP contribution is -2.53. The number of hydrogen-bond donors (Lipinski definition) is 2.